The molecule has 4 nitrogen and oxygen atoms in total. The van der Waals surface area contributed by atoms with Crippen molar-refractivity contribution in [3.63, 3.8) is 0 Å². The minimum Gasteiger partial charge on any atom is -0.461 e. The Morgan fingerprint density at radius 1 is 1.04 bits per heavy atom. The van der Waals surface area contributed by atoms with Gasteiger partial charge in [-0.05, 0) is 25.5 Å². The van der Waals surface area contributed by atoms with Crippen molar-refractivity contribution in [2.75, 3.05) is 6.61 Å². The van der Waals surface area contributed by atoms with Crippen molar-refractivity contribution in [1.82, 2.24) is 9.97 Å². The zero-order chi connectivity index (χ0) is 18.4. The van der Waals surface area contributed by atoms with E-state index < -0.39 is 5.97 Å². The Morgan fingerprint density at radius 2 is 1.77 bits per heavy atom. The highest BCUT2D eigenvalue weighted by atomic mass is 32.2. The predicted octanol–water partition coefficient (Wildman–Crippen LogP) is 4.92. The lowest BCUT2D eigenvalue weighted by molar-refractivity contribution is 0.0518. The molecule has 132 valence electrons. The zero-order valence-electron chi connectivity index (χ0n) is 14.8. The third-order valence-corrected chi connectivity index (χ3v) is 4.67. The zero-order valence-corrected chi connectivity index (χ0v) is 15.6. The van der Waals surface area contributed by atoms with E-state index in [1.807, 2.05) is 49.4 Å². The molecule has 0 saturated carbocycles. The maximum absolute atomic E-state index is 12.2. The van der Waals surface area contributed by atoms with Crippen LogP contribution in [0.3, 0.4) is 0 Å². The maximum atomic E-state index is 12.2. The van der Waals surface area contributed by atoms with Crippen LogP contribution in [0, 0.1) is 6.92 Å². The number of rotatable bonds is 6. The first-order valence-corrected chi connectivity index (χ1v) is 9.44. The molecule has 0 aliphatic carbocycles. The summed E-state index contributed by atoms with van der Waals surface area (Å²) in [6, 6.07) is 19.9. The number of hydrogen-bond donors (Lipinski definition) is 0. The van der Waals surface area contributed by atoms with Gasteiger partial charge in [0.15, 0.2) is 10.9 Å². The first-order valence-electron chi connectivity index (χ1n) is 8.45. The summed E-state index contributed by atoms with van der Waals surface area (Å²) in [6.07, 6.45) is 0. The second kappa shape index (κ2) is 8.63. The van der Waals surface area contributed by atoms with Gasteiger partial charge in [-0.1, -0.05) is 71.9 Å². The second-order valence-corrected chi connectivity index (χ2v) is 6.72. The number of carbonyl (C=O) groups excluding carboxylic acids is 1. The molecule has 0 fully saturated rings. The Kier molecular flexibility index (Phi) is 6.02. The van der Waals surface area contributed by atoms with Gasteiger partial charge in [0, 0.05) is 11.3 Å². The smallest absolute Gasteiger partial charge is 0.357 e. The standard InChI is InChI=1S/C21H20N2O2S/c1-3-25-20(24)19-13-18(17-11-9-15(2)10-12-17)22-21(23-19)26-14-16-7-5-4-6-8-16/h4-13H,3,14H2,1-2H3. The highest BCUT2D eigenvalue weighted by Crippen LogP contribution is 2.25. The van der Waals surface area contributed by atoms with E-state index in [-0.39, 0.29) is 5.69 Å². The lowest BCUT2D eigenvalue weighted by atomic mass is 10.1. The SMILES string of the molecule is CCOC(=O)c1cc(-c2ccc(C)cc2)nc(SCc2ccccc2)n1. The van der Waals surface area contributed by atoms with Crippen molar-refractivity contribution in [2.24, 2.45) is 0 Å². The van der Waals surface area contributed by atoms with Gasteiger partial charge in [-0.2, -0.15) is 0 Å². The van der Waals surface area contributed by atoms with Crippen molar-refractivity contribution in [3.05, 3.63) is 77.5 Å². The number of ether oxygens (including phenoxy) is 1. The number of carbonyl (C=O) groups is 1. The third kappa shape index (κ3) is 4.70. The van der Waals surface area contributed by atoms with Crippen LogP contribution in [0.5, 0.6) is 0 Å². The van der Waals surface area contributed by atoms with E-state index in [1.54, 1.807) is 13.0 Å². The van der Waals surface area contributed by atoms with Crippen LogP contribution in [-0.2, 0) is 10.5 Å². The van der Waals surface area contributed by atoms with Gasteiger partial charge in [-0.15, -0.1) is 0 Å². The Bertz CT molecular complexity index is 880. The second-order valence-electron chi connectivity index (χ2n) is 5.78. The molecule has 0 spiro atoms. The summed E-state index contributed by atoms with van der Waals surface area (Å²) >= 11 is 1.51. The molecule has 0 saturated heterocycles. The fourth-order valence-corrected chi connectivity index (χ4v) is 3.21. The summed E-state index contributed by atoms with van der Waals surface area (Å²) in [5.74, 6) is 0.310. The first kappa shape index (κ1) is 18.1. The summed E-state index contributed by atoms with van der Waals surface area (Å²) < 4.78 is 5.12. The summed E-state index contributed by atoms with van der Waals surface area (Å²) in [7, 11) is 0. The summed E-state index contributed by atoms with van der Waals surface area (Å²) in [5.41, 5.74) is 4.31. The van der Waals surface area contributed by atoms with Crippen molar-refractivity contribution >= 4 is 17.7 Å². The molecule has 1 heterocycles. The first-order chi connectivity index (χ1) is 12.7. The Balaban J connectivity index is 1.91. The Labute approximate surface area is 157 Å². The van der Waals surface area contributed by atoms with Crippen molar-refractivity contribution in [3.8, 4) is 11.3 Å². The number of aromatic nitrogens is 2. The molecule has 0 radical (unpaired) electrons. The summed E-state index contributed by atoms with van der Waals surface area (Å²) in [4.78, 5) is 21.2. The number of nitrogens with zero attached hydrogens (tertiary/aromatic N) is 2. The van der Waals surface area contributed by atoms with Crippen molar-refractivity contribution in [1.29, 1.82) is 0 Å². The van der Waals surface area contributed by atoms with Crippen LogP contribution in [0.4, 0.5) is 0 Å². The van der Waals surface area contributed by atoms with Gasteiger partial charge in [0.05, 0.1) is 12.3 Å². The molecular formula is C21H20N2O2S. The molecule has 2 aromatic carbocycles. The highest BCUT2D eigenvalue weighted by Gasteiger charge is 2.14. The van der Waals surface area contributed by atoms with E-state index in [4.69, 9.17) is 4.74 Å². The van der Waals surface area contributed by atoms with Crippen LogP contribution >= 0.6 is 11.8 Å². The van der Waals surface area contributed by atoms with E-state index >= 15 is 0 Å². The van der Waals surface area contributed by atoms with Gasteiger partial charge in [0.2, 0.25) is 0 Å². The molecule has 0 atom stereocenters. The number of aryl methyl sites for hydroxylation is 1. The van der Waals surface area contributed by atoms with Gasteiger partial charge in [-0.3, -0.25) is 0 Å². The molecule has 3 aromatic rings. The molecule has 0 N–H and O–H groups in total. The van der Waals surface area contributed by atoms with Crippen molar-refractivity contribution in [2.45, 2.75) is 24.8 Å². The number of benzene rings is 2. The minimum absolute atomic E-state index is 0.285. The summed E-state index contributed by atoms with van der Waals surface area (Å²) in [6.45, 7) is 4.13. The molecule has 0 aliphatic heterocycles. The molecule has 5 heteroatoms. The normalized spacial score (nSPS) is 10.5. The highest BCUT2D eigenvalue weighted by molar-refractivity contribution is 7.98. The average molecular weight is 364 g/mol. The monoisotopic (exact) mass is 364 g/mol. The van der Waals surface area contributed by atoms with Crippen LogP contribution in [0.15, 0.2) is 65.8 Å². The van der Waals surface area contributed by atoms with Gasteiger partial charge in [-0.25, -0.2) is 14.8 Å². The molecule has 26 heavy (non-hydrogen) atoms. The predicted molar refractivity (Wildman–Crippen MR) is 104 cm³/mol. The Morgan fingerprint density at radius 3 is 2.46 bits per heavy atom. The van der Waals surface area contributed by atoms with Crippen LogP contribution in [0.25, 0.3) is 11.3 Å². The maximum Gasteiger partial charge on any atom is 0.357 e. The molecule has 0 aliphatic rings. The van der Waals surface area contributed by atoms with Gasteiger partial charge in [0.1, 0.15) is 0 Å². The molecule has 0 unspecified atom stereocenters. The van der Waals surface area contributed by atoms with Crippen molar-refractivity contribution < 1.29 is 9.53 Å². The summed E-state index contributed by atoms with van der Waals surface area (Å²) in [5, 5.41) is 0.565. The van der Waals surface area contributed by atoms with Crippen LogP contribution in [0.1, 0.15) is 28.5 Å². The minimum atomic E-state index is -0.426. The third-order valence-electron chi connectivity index (χ3n) is 3.75. The Hall–Kier alpha value is -2.66. The van der Waals surface area contributed by atoms with E-state index in [0.29, 0.717) is 11.8 Å². The fourth-order valence-electron chi connectivity index (χ4n) is 2.39. The van der Waals surface area contributed by atoms with E-state index in [9.17, 15) is 4.79 Å². The van der Waals surface area contributed by atoms with Gasteiger partial charge in [0.25, 0.3) is 0 Å². The lowest BCUT2D eigenvalue weighted by Gasteiger charge is -2.08. The average Bonchev–Trinajstić information content (AvgIpc) is 2.68. The van der Waals surface area contributed by atoms with Crippen LogP contribution in [0.2, 0.25) is 0 Å². The fraction of sp³-hybridized carbons (Fsp3) is 0.190. The molecule has 0 amide bonds. The largest absolute Gasteiger partial charge is 0.461 e. The van der Waals surface area contributed by atoms with E-state index in [0.717, 1.165) is 17.0 Å². The molecule has 0 bridgehead atoms. The lowest BCUT2D eigenvalue weighted by Crippen LogP contribution is -2.09. The topological polar surface area (TPSA) is 52.1 Å². The van der Waals surface area contributed by atoms with Gasteiger partial charge >= 0.3 is 5.97 Å². The van der Waals surface area contributed by atoms with E-state index in [2.05, 4.69) is 22.1 Å². The van der Waals surface area contributed by atoms with Crippen LogP contribution in [-0.4, -0.2) is 22.5 Å². The quantitative estimate of drug-likeness (QED) is 0.353. The molecule has 3 rings (SSSR count). The number of esters is 1. The van der Waals surface area contributed by atoms with E-state index in [1.165, 1.54) is 22.9 Å². The number of thioether (sulfide) groups is 1. The van der Waals surface area contributed by atoms with Crippen LogP contribution < -0.4 is 0 Å². The van der Waals surface area contributed by atoms with Gasteiger partial charge < -0.3 is 4.74 Å². The molecule has 1 aromatic heterocycles. The number of hydrogen-bond acceptors (Lipinski definition) is 5. The molecular weight excluding hydrogens is 344 g/mol.